The molecule has 0 aromatic carbocycles. The van der Waals surface area contributed by atoms with Crippen LogP contribution in [-0.4, -0.2) is 36.2 Å². The maximum Gasteiger partial charge on any atom is 0.253 e. The van der Waals surface area contributed by atoms with Gasteiger partial charge < -0.3 is 15.7 Å². The third-order valence-corrected chi connectivity index (χ3v) is 1.91. The fourth-order valence-electron chi connectivity index (χ4n) is 1.16. The summed E-state index contributed by atoms with van der Waals surface area (Å²) < 4.78 is 0. The molecule has 3 N–H and O–H groups in total. The molecule has 1 rings (SSSR count). The van der Waals surface area contributed by atoms with Gasteiger partial charge in [0.05, 0.1) is 0 Å². The van der Waals surface area contributed by atoms with Crippen molar-refractivity contribution in [3.63, 3.8) is 0 Å². The van der Waals surface area contributed by atoms with E-state index in [1.165, 1.54) is 0 Å². The van der Waals surface area contributed by atoms with E-state index in [2.05, 4.69) is 10.6 Å². The molecule has 0 bridgehead atoms. The molecular weight excluding hydrogens is 144 g/mol. The van der Waals surface area contributed by atoms with Crippen LogP contribution in [0.4, 0.5) is 0 Å². The van der Waals surface area contributed by atoms with Gasteiger partial charge in [0.15, 0.2) is 5.60 Å². The van der Waals surface area contributed by atoms with E-state index in [1.807, 2.05) is 6.92 Å². The van der Waals surface area contributed by atoms with Crippen LogP contribution in [0, 0.1) is 0 Å². The number of aliphatic hydroxyl groups is 1. The largest absolute Gasteiger partial charge is 0.379 e. The smallest absolute Gasteiger partial charge is 0.253 e. The van der Waals surface area contributed by atoms with Crippen molar-refractivity contribution < 1.29 is 9.90 Å². The lowest BCUT2D eigenvalue weighted by Crippen LogP contribution is -2.46. The summed E-state index contributed by atoms with van der Waals surface area (Å²) in [5.41, 5.74) is -1.16. The second kappa shape index (κ2) is 3.19. The molecule has 1 atom stereocenters. The van der Waals surface area contributed by atoms with Crippen molar-refractivity contribution in [3.8, 4) is 0 Å². The average Bonchev–Trinajstić information content (AvgIpc) is 2.30. The van der Waals surface area contributed by atoms with Gasteiger partial charge in [0.2, 0.25) is 0 Å². The van der Waals surface area contributed by atoms with Crippen molar-refractivity contribution in [1.29, 1.82) is 0 Å². The first kappa shape index (κ1) is 8.49. The van der Waals surface area contributed by atoms with Crippen LogP contribution in [0.5, 0.6) is 0 Å². The molecule has 1 fully saturated rings. The molecule has 64 valence electrons. The molecule has 1 aliphatic rings. The van der Waals surface area contributed by atoms with Crippen molar-refractivity contribution in [2.45, 2.75) is 18.9 Å². The van der Waals surface area contributed by atoms with Crippen LogP contribution < -0.4 is 10.6 Å². The first-order valence-corrected chi connectivity index (χ1v) is 3.90. The van der Waals surface area contributed by atoms with Gasteiger partial charge in [0.1, 0.15) is 0 Å². The molecular formula is C7H14N2O2. The third-order valence-electron chi connectivity index (χ3n) is 1.91. The van der Waals surface area contributed by atoms with Gasteiger partial charge in [-0.1, -0.05) is 6.92 Å². The molecule has 4 heteroatoms. The highest BCUT2D eigenvalue weighted by atomic mass is 16.3. The zero-order valence-electron chi connectivity index (χ0n) is 6.68. The molecule has 0 spiro atoms. The topological polar surface area (TPSA) is 61.4 Å². The summed E-state index contributed by atoms with van der Waals surface area (Å²) in [6.45, 7) is 3.65. The number of amides is 1. The maximum atomic E-state index is 11.0. The minimum absolute atomic E-state index is 0.251. The van der Waals surface area contributed by atoms with Gasteiger partial charge >= 0.3 is 0 Å². The Kier molecular flexibility index (Phi) is 2.46. The predicted molar refractivity (Wildman–Crippen MR) is 41.1 cm³/mol. The van der Waals surface area contributed by atoms with Crippen LogP contribution in [-0.2, 0) is 4.79 Å². The van der Waals surface area contributed by atoms with Crippen LogP contribution in [0.3, 0.4) is 0 Å². The predicted octanol–water partition coefficient (Wildman–Crippen LogP) is -1.15. The van der Waals surface area contributed by atoms with E-state index in [1.54, 1.807) is 0 Å². The van der Waals surface area contributed by atoms with E-state index < -0.39 is 5.60 Å². The summed E-state index contributed by atoms with van der Waals surface area (Å²) in [4.78, 5) is 11.0. The van der Waals surface area contributed by atoms with Crippen LogP contribution in [0.2, 0.25) is 0 Å². The summed E-state index contributed by atoms with van der Waals surface area (Å²) in [5, 5.41) is 15.2. The fraction of sp³-hybridized carbons (Fsp3) is 0.857. The Balaban J connectivity index is 2.44. The molecule has 1 amide bonds. The molecule has 0 radical (unpaired) electrons. The first-order chi connectivity index (χ1) is 5.19. The average molecular weight is 158 g/mol. The zero-order valence-corrected chi connectivity index (χ0v) is 6.68. The van der Waals surface area contributed by atoms with E-state index in [0.717, 1.165) is 6.54 Å². The Morgan fingerprint density at radius 2 is 2.55 bits per heavy atom. The fourth-order valence-corrected chi connectivity index (χ4v) is 1.16. The summed E-state index contributed by atoms with van der Waals surface area (Å²) in [7, 11) is 0. The van der Waals surface area contributed by atoms with Gasteiger partial charge in [0, 0.05) is 19.5 Å². The normalized spacial score (nSPS) is 30.5. The lowest BCUT2D eigenvalue weighted by atomic mass is 10.0. The van der Waals surface area contributed by atoms with Crippen molar-refractivity contribution in [1.82, 2.24) is 10.6 Å². The van der Waals surface area contributed by atoms with Gasteiger partial charge in [0.25, 0.3) is 5.91 Å². The van der Waals surface area contributed by atoms with Gasteiger partial charge in [-0.2, -0.15) is 0 Å². The van der Waals surface area contributed by atoms with E-state index in [0.29, 0.717) is 19.5 Å². The lowest BCUT2D eigenvalue weighted by molar-refractivity contribution is -0.134. The van der Waals surface area contributed by atoms with Crippen molar-refractivity contribution in [3.05, 3.63) is 0 Å². The van der Waals surface area contributed by atoms with E-state index in [9.17, 15) is 9.90 Å². The molecule has 1 heterocycles. The molecule has 0 aromatic heterocycles. The maximum absolute atomic E-state index is 11.0. The molecule has 4 nitrogen and oxygen atoms in total. The first-order valence-electron chi connectivity index (χ1n) is 3.90. The Morgan fingerprint density at radius 1 is 1.82 bits per heavy atom. The number of hydrogen-bond donors (Lipinski definition) is 3. The van der Waals surface area contributed by atoms with Crippen molar-refractivity contribution >= 4 is 5.91 Å². The monoisotopic (exact) mass is 158 g/mol. The van der Waals surface area contributed by atoms with Gasteiger partial charge in [-0.25, -0.2) is 0 Å². The second-order valence-corrected chi connectivity index (χ2v) is 2.82. The minimum Gasteiger partial charge on any atom is -0.379 e. The Morgan fingerprint density at radius 3 is 3.00 bits per heavy atom. The summed E-state index contributed by atoms with van der Waals surface area (Å²) in [5.74, 6) is -0.251. The highest BCUT2D eigenvalue weighted by Crippen LogP contribution is 2.13. The lowest BCUT2D eigenvalue weighted by Gasteiger charge is -2.18. The summed E-state index contributed by atoms with van der Waals surface area (Å²) in [6, 6.07) is 0. The molecule has 1 unspecified atom stereocenters. The third kappa shape index (κ3) is 1.70. The Bertz CT molecular complexity index is 161. The number of hydrogen-bond acceptors (Lipinski definition) is 3. The summed E-state index contributed by atoms with van der Waals surface area (Å²) in [6.07, 6.45) is 0.513. The SMILES string of the molecule is CCNCC1(O)CCNC1=O. The summed E-state index contributed by atoms with van der Waals surface area (Å²) >= 11 is 0. The number of carbonyl (C=O) groups excluding carboxylic acids is 1. The zero-order chi connectivity index (χ0) is 8.32. The molecule has 1 aliphatic heterocycles. The standard InChI is InChI=1S/C7H14N2O2/c1-2-8-5-7(11)3-4-9-6(7)10/h8,11H,2-5H2,1H3,(H,9,10). The van der Waals surface area contributed by atoms with Gasteiger partial charge in [-0.05, 0) is 6.54 Å². The molecule has 0 aliphatic carbocycles. The molecule has 0 aromatic rings. The number of nitrogens with one attached hydrogen (secondary N) is 2. The van der Waals surface area contributed by atoms with Crippen molar-refractivity contribution in [2.75, 3.05) is 19.6 Å². The minimum atomic E-state index is -1.16. The molecule has 1 saturated heterocycles. The van der Waals surface area contributed by atoms with Gasteiger partial charge in [-0.15, -0.1) is 0 Å². The Labute approximate surface area is 66.0 Å². The number of rotatable bonds is 3. The van der Waals surface area contributed by atoms with Crippen LogP contribution in [0.25, 0.3) is 0 Å². The van der Waals surface area contributed by atoms with Gasteiger partial charge in [-0.3, -0.25) is 4.79 Å². The number of carbonyl (C=O) groups is 1. The van der Waals surface area contributed by atoms with E-state index in [-0.39, 0.29) is 5.91 Å². The quantitative estimate of drug-likeness (QED) is 0.486. The van der Waals surface area contributed by atoms with E-state index in [4.69, 9.17) is 0 Å². The number of likely N-dealkylation sites (N-methyl/N-ethyl adjacent to an activating group) is 1. The highest BCUT2D eigenvalue weighted by molar-refractivity contribution is 5.87. The Hall–Kier alpha value is -0.610. The van der Waals surface area contributed by atoms with Crippen LogP contribution in [0.1, 0.15) is 13.3 Å². The molecule has 0 saturated carbocycles. The van der Waals surface area contributed by atoms with E-state index >= 15 is 0 Å². The highest BCUT2D eigenvalue weighted by Gasteiger charge is 2.39. The molecule has 11 heavy (non-hydrogen) atoms. The van der Waals surface area contributed by atoms with Crippen LogP contribution >= 0.6 is 0 Å². The second-order valence-electron chi connectivity index (χ2n) is 2.82. The van der Waals surface area contributed by atoms with Crippen LogP contribution in [0.15, 0.2) is 0 Å². The van der Waals surface area contributed by atoms with Crippen molar-refractivity contribution in [2.24, 2.45) is 0 Å².